The Morgan fingerprint density at radius 2 is 0.857 bits per heavy atom. The highest BCUT2D eigenvalue weighted by Gasteiger charge is 2.32. The van der Waals surface area contributed by atoms with Crippen LogP contribution in [0.3, 0.4) is 0 Å². The van der Waals surface area contributed by atoms with Crippen molar-refractivity contribution in [2.24, 2.45) is 10.2 Å². The van der Waals surface area contributed by atoms with Crippen molar-refractivity contribution in [2.75, 3.05) is 21.5 Å². The Hall–Kier alpha value is -5.46. The topological polar surface area (TPSA) is 141 Å². The van der Waals surface area contributed by atoms with Crippen LogP contribution >= 0.6 is 69.6 Å². The van der Waals surface area contributed by atoms with Crippen molar-refractivity contribution >= 4 is 139 Å². The van der Waals surface area contributed by atoms with Gasteiger partial charge in [0.25, 0.3) is 11.8 Å². The Bertz CT molecular complexity index is 2480. The number of halogens is 6. The third-order valence-electron chi connectivity index (χ3n) is 8.43. The van der Waals surface area contributed by atoms with E-state index in [9.17, 15) is 19.2 Å². The van der Waals surface area contributed by atoms with E-state index in [1.54, 1.807) is 84.9 Å². The van der Waals surface area contributed by atoms with Gasteiger partial charge >= 0.3 is 0 Å². The smallest absolute Gasteiger partial charge is 0.259 e. The number of nitrogens with zero attached hydrogens (tertiary/aromatic N) is 2. The Morgan fingerprint density at radius 1 is 0.464 bits per heavy atom. The van der Waals surface area contributed by atoms with Crippen LogP contribution in [-0.4, -0.2) is 34.8 Å². The van der Waals surface area contributed by atoms with Gasteiger partial charge in [0, 0.05) is 21.2 Å². The molecule has 0 aromatic heterocycles. The molecule has 0 saturated heterocycles. The molecule has 0 saturated carbocycles. The van der Waals surface area contributed by atoms with E-state index in [0.717, 1.165) is 0 Å². The van der Waals surface area contributed by atoms with Gasteiger partial charge in [-0.2, -0.15) is 10.2 Å². The van der Waals surface area contributed by atoms with E-state index in [4.69, 9.17) is 69.6 Å². The number of carbonyl (C=O) groups excluding carboxylic acids is 4. The lowest BCUT2D eigenvalue weighted by Gasteiger charge is -2.19. The number of benzene rings is 5. The highest BCUT2D eigenvalue weighted by atomic mass is 35.5. The van der Waals surface area contributed by atoms with Crippen LogP contribution in [0, 0.1) is 0 Å². The van der Waals surface area contributed by atoms with Gasteiger partial charge in [0.1, 0.15) is 11.4 Å². The number of anilines is 4. The van der Waals surface area contributed by atoms with Crippen molar-refractivity contribution in [3.05, 3.63) is 161 Å². The van der Waals surface area contributed by atoms with Crippen LogP contribution in [0.1, 0.15) is 22.3 Å². The van der Waals surface area contributed by atoms with Gasteiger partial charge in [-0.3, -0.25) is 30.0 Å². The first-order valence-electron chi connectivity index (χ1n) is 16.3. The van der Waals surface area contributed by atoms with E-state index < -0.39 is 23.4 Å². The molecule has 56 heavy (non-hydrogen) atoms. The standard InChI is InChI=1S/C40H22Cl6N6O4/c41-21-9-11-27(43)33(15-21)49-51-35-23-7-3-1-5-19(23)13-25(37(35)53)39(55)47-31-17-30(46)32(18-29(31)45)48-40(56)26-14-20-6-2-4-8-24(20)36(38(26)54)52-50-34-16-22(42)10-12-28(34)44/h1-18,49-50H,(H,47,55)(H,48,56)/b51-35-,52-36+. The summed E-state index contributed by atoms with van der Waals surface area (Å²) in [6, 6.07) is 25.8. The van der Waals surface area contributed by atoms with Gasteiger partial charge in [-0.1, -0.05) is 118 Å². The molecular formula is C40H22Cl6N6O4. The number of hydrogen-bond acceptors (Lipinski definition) is 8. The van der Waals surface area contributed by atoms with Crippen LogP contribution in [0.15, 0.2) is 118 Å². The molecule has 0 unspecified atom stereocenters. The second-order valence-corrected chi connectivity index (χ2v) is 14.6. The van der Waals surface area contributed by atoms with Gasteiger partial charge in [-0.15, -0.1) is 0 Å². The Kier molecular flexibility index (Phi) is 11.3. The van der Waals surface area contributed by atoms with E-state index in [0.29, 0.717) is 53.7 Å². The normalized spacial score (nSPS) is 14.8. The van der Waals surface area contributed by atoms with E-state index in [1.165, 1.54) is 24.3 Å². The molecule has 2 aliphatic rings. The zero-order chi connectivity index (χ0) is 39.7. The number of fused-ring (bicyclic) bond motifs is 2. The van der Waals surface area contributed by atoms with Gasteiger partial charge in [0.05, 0.1) is 54.0 Å². The Labute approximate surface area is 348 Å². The summed E-state index contributed by atoms with van der Waals surface area (Å²) in [5.41, 5.74) is 7.84. The van der Waals surface area contributed by atoms with Crippen LogP contribution in [0.25, 0.3) is 12.2 Å². The van der Waals surface area contributed by atoms with Crippen LogP contribution in [-0.2, 0) is 19.2 Å². The van der Waals surface area contributed by atoms with Crippen molar-refractivity contribution in [1.29, 1.82) is 0 Å². The van der Waals surface area contributed by atoms with Gasteiger partial charge in [-0.05, 0) is 71.8 Å². The van der Waals surface area contributed by atoms with Crippen LogP contribution in [0.4, 0.5) is 22.7 Å². The summed E-state index contributed by atoms with van der Waals surface area (Å²) >= 11 is 37.9. The average molecular weight is 863 g/mol. The molecule has 0 spiro atoms. The number of amides is 2. The minimum atomic E-state index is -0.802. The summed E-state index contributed by atoms with van der Waals surface area (Å²) in [4.78, 5) is 54.7. The molecule has 4 N–H and O–H groups in total. The predicted molar refractivity (Wildman–Crippen MR) is 226 cm³/mol. The largest absolute Gasteiger partial charge is 0.320 e. The van der Waals surface area contributed by atoms with E-state index in [1.807, 2.05) is 0 Å². The van der Waals surface area contributed by atoms with Crippen molar-refractivity contribution < 1.29 is 19.2 Å². The second-order valence-electron chi connectivity index (χ2n) is 12.1. The monoisotopic (exact) mass is 860 g/mol. The fourth-order valence-corrected chi connectivity index (χ4v) is 6.78. The fraction of sp³-hybridized carbons (Fsp3) is 0. The predicted octanol–water partition coefficient (Wildman–Crippen LogP) is 10.4. The summed E-state index contributed by atoms with van der Waals surface area (Å²) < 4.78 is 0. The first kappa shape index (κ1) is 38.8. The van der Waals surface area contributed by atoms with Crippen LogP contribution in [0.2, 0.25) is 30.1 Å². The molecule has 5 aromatic carbocycles. The van der Waals surface area contributed by atoms with Gasteiger partial charge < -0.3 is 10.6 Å². The Balaban J connectivity index is 1.11. The minimum Gasteiger partial charge on any atom is -0.320 e. The molecular weight excluding hydrogens is 841 g/mol. The van der Waals surface area contributed by atoms with Gasteiger partial charge in [-0.25, -0.2) is 0 Å². The third kappa shape index (κ3) is 8.08. The summed E-state index contributed by atoms with van der Waals surface area (Å²) in [6.45, 7) is 0. The number of ketones is 2. The Morgan fingerprint density at radius 3 is 1.27 bits per heavy atom. The van der Waals surface area contributed by atoms with Crippen molar-refractivity contribution in [3.63, 3.8) is 0 Å². The zero-order valence-corrected chi connectivity index (χ0v) is 32.7. The highest BCUT2D eigenvalue weighted by Crippen LogP contribution is 2.35. The molecule has 0 fully saturated rings. The van der Waals surface area contributed by atoms with Crippen molar-refractivity contribution in [2.45, 2.75) is 0 Å². The number of hydrazone groups is 2. The summed E-state index contributed by atoms with van der Waals surface area (Å²) in [5, 5.41) is 15.2. The lowest BCUT2D eigenvalue weighted by atomic mass is 9.89. The molecule has 5 aromatic rings. The van der Waals surface area contributed by atoms with Crippen molar-refractivity contribution in [1.82, 2.24) is 0 Å². The third-order valence-corrected chi connectivity index (χ3v) is 10.2. The van der Waals surface area contributed by atoms with E-state index in [-0.39, 0.29) is 44.0 Å². The molecule has 0 atom stereocenters. The molecule has 0 bridgehead atoms. The van der Waals surface area contributed by atoms with Crippen molar-refractivity contribution in [3.8, 4) is 0 Å². The van der Waals surface area contributed by atoms with Gasteiger partial charge in [0.15, 0.2) is 0 Å². The molecule has 278 valence electrons. The minimum absolute atomic E-state index is 0.0346. The van der Waals surface area contributed by atoms with Crippen LogP contribution in [0.5, 0.6) is 0 Å². The lowest BCUT2D eigenvalue weighted by Crippen LogP contribution is -2.31. The van der Waals surface area contributed by atoms with Crippen LogP contribution < -0.4 is 21.5 Å². The zero-order valence-electron chi connectivity index (χ0n) is 28.2. The lowest BCUT2D eigenvalue weighted by molar-refractivity contribution is -0.118. The molecule has 16 heteroatoms. The number of Topliss-reactive ketones (excluding diaryl/α,β-unsaturated/α-hetero) is 2. The van der Waals surface area contributed by atoms with E-state index in [2.05, 4.69) is 31.7 Å². The molecule has 2 amide bonds. The maximum atomic E-state index is 13.7. The molecule has 2 aliphatic carbocycles. The summed E-state index contributed by atoms with van der Waals surface area (Å²) in [6.07, 6.45) is 2.87. The van der Waals surface area contributed by atoms with E-state index >= 15 is 0 Å². The highest BCUT2D eigenvalue weighted by molar-refractivity contribution is 6.60. The number of hydrogen-bond donors (Lipinski definition) is 4. The molecule has 10 nitrogen and oxygen atoms in total. The maximum Gasteiger partial charge on any atom is 0.259 e. The first-order valence-corrected chi connectivity index (χ1v) is 18.6. The number of carbonyl (C=O) groups is 4. The quantitative estimate of drug-likeness (QED) is 0.0904. The molecule has 0 aliphatic heterocycles. The summed E-state index contributed by atoms with van der Waals surface area (Å²) in [5.74, 6) is -2.97. The number of nitrogens with one attached hydrogen (secondary N) is 4. The first-order chi connectivity index (χ1) is 26.9. The van der Waals surface area contributed by atoms with Gasteiger partial charge in [0.2, 0.25) is 11.6 Å². The summed E-state index contributed by atoms with van der Waals surface area (Å²) in [7, 11) is 0. The molecule has 0 heterocycles. The SMILES string of the molecule is O=C(Nc1cc(Cl)c(NC(=O)C2=Cc3ccccc3/C(=N\Nc3cc(Cl)ccc3Cl)C2=O)cc1Cl)C1=Cc2ccccc2/C(=N/Nc2cc(Cl)ccc2Cl)C1=O. The maximum absolute atomic E-state index is 13.7. The molecule has 0 radical (unpaired) electrons. The molecule has 7 rings (SSSR count). The second kappa shape index (κ2) is 16.3. The number of rotatable bonds is 8. The fourth-order valence-electron chi connectivity index (χ4n) is 5.69. The average Bonchev–Trinajstić information content (AvgIpc) is 3.18.